The molecule has 0 unspecified atom stereocenters. The maximum absolute atomic E-state index is 12.7. The number of nitrogens with zero attached hydrogens (tertiary/aromatic N) is 2. The number of halogens is 1. The molecule has 0 fully saturated rings. The normalized spacial score (nSPS) is 13.5. The van der Waals surface area contributed by atoms with Gasteiger partial charge in [0, 0.05) is 11.6 Å². The molecule has 0 bridgehead atoms. The number of fused-ring (bicyclic) bond motifs is 1. The highest BCUT2D eigenvalue weighted by atomic mass is 35.5. The fourth-order valence-corrected chi connectivity index (χ4v) is 3.46. The molecule has 0 saturated carbocycles. The summed E-state index contributed by atoms with van der Waals surface area (Å²) in [5, 5.41) is 16.1. The number of nitrogens with one attached hydrogen (secondary N) is 2. The molecule has 2 N–H and O–H groups in total. The average Bonchev–Trinajstić information content (AvgIpc) is 2.79. The maximum atomic E-state index is 12.7. The van der Waals surface area contributed by atoms with E-state index in [1.807, 2.05) is 0 Å². The Morgan fingerprint density at radius 2 is 1.94 bits per heavy atom. The summed E-state index contributed by atoms with van der Waals surface area (Å²) in [6.07, 6.45) is 0. The molecule has 2 aromatic carbocycles. The maximum Gasteiger partial charge on any atom is 0.329 e. The van der Waals surface area contributed by atoms with Gasteiger partial charge in [0.1, 0.15) is 17.6 Å². The van der Waals surface area contributed by atoms with Crippen LogP contribution < -0.4 is 15.5 Å². The van der Waals surface area contributed by atoms with Crippen molar-refractivity contribution in [2.45, 2.75) is 19.9 Å². The molecule has 1 heterocycles. The molecule has 3 rings (SSSR count). The Kier molecular flexibility index (Phi) is 7.47. The van der Waals surface area contributed by atoms with Gasteiger partial charge in [-0.1, -0.05) is 37.6 Å². The number of benzene rings is 2. The van der Waals surface area contributed by atoms with Crippen LogP contribution in [0.4, 0.5) is 17.1 Å². The summed E-state index contributed by atoms with van der Waals surface area (Å²) >= 11 is 5.77. The molecule has 0 radical (unpaired) electrons. The van der Waals surface area contributed by atoms with E-state index in [1.54, 1.807) is 38.1 Å². The molecular formula is C22H21ClN4O7. The van der Waals surface area contributed by atoms with E-state index < -0.39 is 47.0 Å². The minimum absolute atomic E-state index is 0.0680. The van der Waals surface area contributed by atoms with Crippen LogP contribution in [0.1, 0.15) is 24.2 Å². The Balaban J connectivity index is 1.67. The molecule has 2 aromatic rings. The Bertz CT molecular complexity index is 1170. The first-order valence-corrected chi connectivity index (χ1v) is 10.6. The number of rotatable bonds is 7. The zero-order chi connectivity index (χ0) is 25.0. The smallest absolute Gasteiger partial charge is 0.329 e. The zero-order valence-electron chi connectivity index (χ0n) is 18.2. The van der Waals surface area contributed by atoms with Crippen molar-refractivity contribution >= 4 is 52.4 Å². The van der Waals surface area contributed by atoms with Crippen molar-refractivity contribution in [1.82, 2.24) is 5.32 Å². The van der Waals surface area contributed by atoms with E-state index in [0.717, 1.165) is 6.07 Å². The van der Waals surface area contributed by atoms with Crippen LogP contribution in [0, 0.1) is 16.0 Å². The first-order valence-electron chi connectivity index (χ1n) is 10.2. The number of hydrogen-bond acceptors (Lipinski definition) is 7. The van der Waals surface area contributed by atoms with Crippen molar-refractivity contribution in [1.29, 1.82) is 0 Å². The van der Waals surface area contributed by atoms with Gasteiger partial charge < -0.3 is 15.4 Å². The van der Waals surface area contributed by atoms with Gasteiger partial charge in [-0.15, -0.1) is 0 Å². The van der Waals surface area contributed by atoms with Crippen molar-refractivity contribution in [3.63, 3.8) is 0 Å². The van der Waals surface area contributed by atoms with Crippen LogP contribution in [-0.2, 0) is 19.1 Å². The van der Waals surface area contributed by atoms with Gasteiger partial charge in [0.15, 0.2) is 6.61 Å². The Morgan fingerprint density at radius 1 is 1.24 bits per heavy atom. The minimum Gasteiger partial charge on any atom is -0.454 e. The highest BCUT2D eigenvalue weighted by Gasteiger charge is 2.30. The lowest BCUT2D eigenvalue weighted by molar-refractivity contribution is -0.384. The van der Waals surface area contributed by atoms with Crippen molar-refractivity contribution in [2.75, 3.05) is 23.4 Å². The van der Waals surface area contributed by atoms with Crippen LogP contribution in [0.25, 0.3) is 0 Å². The van der Waals surface area contributed by atoms with Crippen molar-refractivity contribution < 1.29 is 28.8 Å². The van der Waals surface area contributed by atoms with E-state index in [9.17, 15) is 29.3 Å². The second kappa shape index (κ2) is 10.3. The Labute approximate surface area is 199 Å². The second-order valence-corrected chi connectivity index (χ2v) is 8.18. The van der Waals surface area contributed by atoms with E-state index in [2.05, 4.69) is 10.6 Å². The van der Waals surface area contributed by atoms with Gasteiger partial charge in [-0.05, 0) is 30.2 Å². The molecule has 0 aromatic heterocycles. The summed E-state index contributed by atoms with van der Waals surface area (Å²) in [5.41, 5.74) is 0.417. The fraction of sp³-hybridized carbons (Fsp3) is 0.273. The predicted molar refractivity (Wildman–Crippen MR) is 123 cm³/mol. The molecular weight excluding hydrogens is 468 g/mol. The van der Waals surface area contributed by atoms with Crippen molar-refractivity contribution in [3.8, 4) is 0 Å². The summed E-state index contributed by atoms with van der Waals surface area (Å²) in [7, 11) is 0. The van der Waals surface area contributed by atoms with Crippen molar-refractivity contribution in [2.24, 2.45) is 5.92 Å². The van der Waals surface area contributed by atoms with Gasteiger partial charge in [-0.25, -0.2) is 4.79 Å². The van der Waals surface area contributed by atoms with Gasteiger partial charge in [0.25, 0.3) is 17.5 Å². The van der Waals surface area contributed by atoms with Gasteiger partial charge >= 0.3 is 5.97 Å². The van der Waals surface area contributed by atoms with E-state index in [1.165, 1.54) is 17.0 Å². The fourth-order valence-electron chi connectivity index (χ4n) is 3.27. The van der Waals surface area contributed by atoms with Gasteiger partial charge in [-0.3, -0.25) is 29.4 Å². The van der Waals surface area contributed by atoms with Crippen LogP contribution >= 0.6 is 11.6 Å². The topological polar surface area (TPSA) is 148 Å². The molecule has 178 valence electrons. The highest BCUT2D eigenvalue weighted by Crippen LogP contribution is 2.29. The van der Waals surface area contributed by atoms with Crippen LogP contribution in [0.3, 0.4) is 0 Å². The van der Waals surface area contributed by atoms with Crippen molar-refractivity contribution in [3.05, 3.63) is 63.2 Å². The summed E-state index contributed by atoms with van der Waals surface area (Å²) in [4.78, 5) is 61.4. The third kappa shape index (κ3) is 5.49. The minimum atomic E-state index is -1.13. The summed E-state index contributed by atoms with van der Waals surface area (Å²) < 4.78 is 5.14. The van der Waals surface area contributed by atoms with E-state index in [-0.39, 0.29) is 23.0 Å². The predicted octanol–water partition coefficient (Wildman–Crippen LogP) is 2.53. The molecule has 3 amide bonds. The summed E-state index contributed by atoms with van der Waals surface area (Å²) in [6.45, 7) is 2.44. The number of nitro benzene ring substituents is 1. The quantitative estimate of drug-likeness (QED) is 0.345. The first-order chi connectivity index (χ1) is 16.1. The Morgan fingerprint density at radius 3 is 2.62 bits per heavy atom. The molecule has 0 aliphatic carbocycles. The number of carbonyl (C=O) groups excluding carboxylic acids is 4. The number of anilines is 2. The lowest BCUT2D eigenvalue weighted by Crippen LogP contribution is -2.47. The molecule has 1 aliphatic rings. The lowest BCUT2D eigenvalue weighted by atomic mass is 10.0. The number of esters is 1. The number of para-hydroxylation sites is 2. The van der Waals surface area contributed by atoms with Gasteiger partial charge in [-0.2, -0.15) is 0 Å². The van der Waals surface area contributed by atoms with Gasteiger partial charge in [0.2, 0.25) is 5.91 Å². The molecule has 1 aliphatic heterocycles. The monoisotopic (exact) mass is 488 g/mol. The molecule has 0 saturated heterocycles. The molecule has 0 spiro atoms. The number of ether oxygens (including phenoxy) is 1. The average molecular weight is 489 g/mol. The number of hydrogen-bond donors (Lipinski definition) is 2. The Hall–Kier alpha value is -3.99. The highest BCUT2D eigenvalue weighted by molar-refractivity contribution is 6.32. The third-order valence-electron chi connectivity index (χ3n) is 5.02. The van der Waals surface area contributed by atoms with E-state index in [4.69, 9.17) is 16.3 Å². The van der Waals surface area contributed by atoms with Crippen LogP contribution in [0.15, 0.2) is 42.5 Å². The number of carbonyl (C=O) groups is 4. The number of nitro groups is 1. The summed E-state index contributed by atoms with van der Waals surface area (Å²) in [5.74, 6) is -3.03. The van der Waals surface area contributed by atoms with Gasteiger partial charge in [0.05, 0.1) is 16.3 Å². The van der Waals surface area contributed by atoms with E-state index >= 15 is 0 Å². The van der Waals surface area contributed by atoms with Crippen LogP contribution in [0.2, 0.25) is 5.02 Å². The molecule has 34 heavy (non-hydrogen) atoms. The molecule has 11 nitrogen and oxygen atoms in total. The van der Waals surface area contributed by atoms with Crippen LogP contribution in [0.5, 0.6) is 0 Å². The summed E-state index contributed by atoms with van der Waals surface area (Å²) in [6, 6.07) is 9.07. The molecule has 12 heteroatoms. The second-order valence-electron chi connectivity index (χ2n) is 7.77. The first kappa shape index (κ1) is 24.6. The SMILES string of the molecule is CC(C)[C@H](NC(=O)c1ccc(Cl)c([N+](=O)[O-])c1)C(=O)OCC(=O)N1CC(=O)Nc2ccccc21. The lowest BCUT2D eigenvalue weighted by Gasteiger charge is -2.29. The largest absolute Gasteiger partial charge is 0.454 e. The number of amides is 3. The molecule has 1 atom stereocenters. The standard InChI is InChI=1S/C22H21ClN4O7/c1-12(2)20(25-21(30)13-7-8-14(23)17(9-13)27(32)33)22(31)34-11-19(29)26-10-18(28)24-15-5-3-4-6-16(15)26/h3-9,12,20H,10-11H2,1-2H3,(H,24,28)(H,25,30)/t20-/m0/s1. The van der Waals surface area contributed by atoms with E-state index in [0.29, 0.717) is 11.4 Å². The third-order valence-corrected chi connectivity index (χ3v) is 5.34. The zero-order valence-corrected chi connectivity index (χ0v) is 19.0. The van der Waals surface area contributed by atoms with Crippen LogP contribution in [-0.4, -0.2) is 47.8 Å².